The highest BCUT2D eigenvalue weighted by Crippen LogP contribution is 2.21. The standard InChI is InChI=1S/C12H16N4O/c1-16-8-15-11-10(16)3-5-14-12(11)17-7-9-2-4-13-6-9/h3,5,8-9,13H,2,4,6-7H2,1H3. The van der Waals surface area contributed by atoms with Crippen molar-refractivity contribution in [2.45, 2.75) is 6.42 Å². The van der Waals surface area contributed by atoms with Crippen molar-refractivity contribution in [2.75, 3.05) is 19.7 Å². The Balaban J connectivity index is 1.79. The molecule has 5 nitrogen and oxygen atoms in total. The lowest BCUT2D eigenvalue weighted by Gasteiger charge is -2.10. The molecule has 1 saturated heterocycles. The molecule has 1 aliphatic rings. The molecule has 17 heavy (non-hydrogen) atoms. The molecule has 3 heterocycles. The van der Waals surface area contributed by atoms with E-state index in [1.54, 1.807) is 12.5 Å². The predicted molar refractivity (Wildman–Crippen MR) is 65.0 cm³/mol. The van der Waals surface area contributed by atoms with Gasteiger partial charge in [0.2, 0.25) is 5.88 Å². The van der Waals surface area contributed by atoms with E-state index >= 15 is 0 Å². The maximum Gasteiger partial charge on any atom is 0.242 e. The zero-order valence-electron chi connectivity index (χ0n) is 9.89. The number of aromatic nitrogens is 3. The summed E-state index contributed by atoms with van der Waals surface area (Å²) in [7, 11) is 1.97. The van der Waals surface area contributed by atoms with Gasteiger partial charge in [-0.2, -0.15) is 0 Å². The van der Waals surface area contributed by atoms with Gasteiger partial charge >= 0.3 is 0 Å². The Morgan fingerprint density at radius 2 is 2.47 bits per heavy atom. The molecule has 0 aliphatic carbocycles. The largest absolute Gasteiger partial charge is 0.476 e. The van der Waals surface area contributed by atoms with Gasteiger partial charge in [-0.3, -0.25) is 0 Å². The fraction of sp³-hybridized carbons (Fsp3) is 0.500. The van der Waals surface area contributed by atoms with Crippen LogP contribution >= 0.6 is 0 Å². The number of hydrogen-bond donors (Lipinski definition) is 1. The molecule has 1 N–H and O–H groups in total. The van der Waals surface area contributed by atoms with Crippen LogP contribution in [0, 0.1) is 5.92 Å². The van der Waals surface area contributed by atoms with Gasteiger partial charge in [-0.05, 0) is 19.0 Å². The Kier molecular flexibility index (Phi) is 2.68. The van der Waals surface area contributed by atoms with Crippen molar-refractivity contribution in [3.8, 4) is 5.88 Å². The van der Waals surface area contributed by atoms with Gasteiger partial charge in [-0.1, -0.05) is 0 Å². The van der Waals surface area contributed by atoms with Gasteiger partial charge in [0.25, 0.3) is 0 Å². The SMILES string of the molecule is Cn1cnc2c(OCC3CCNC3)nccc21. The molecule has 1 aliphatic heterocycles. The van der Waals surface area contributed by atoms with Crippen LogP contribution in [0.3, 0.4) is 0 Å². The number of nitrogens with one attached hydrogen (secondary N) is 1. The summed E-state index contributed by atoms with van der Waals surface area (Å²) in [5.41, 5.74) is 1.90. The zero-order chi connectivity index (χ0) is 11.7. The van der Waals surface area contributed by atoms with Gasteiger partial charge < -0.3 is 14.6 Å². The Labute approximate surface area is 99.8 Å². The van der Waals surface area contributed by atoms with E-state index in [-0.39, 0.29) is 0 Å². The molecule has 2 aromatic rings. The summed E-state index contributed by atoms with van der Waals surface area (Å²) < 4.78 is 7.76. The lowest BCUT2D eigenvalue weighted by Crippen LogP contribution is -2.16. The fourth-order valence-corrected chi connectivity index (χ4v) is 2.20. The van der Waals surface area contributed by atoms with Gasteiger partial charge in [0.1, 0.15) is 0 Å². The molecular weight excluding hydrogens is 216 g/mol. The molecule has 0 amide bonds. The minimum absolute atomic E-state index is 0.593. The minimum Gasteiger partial charge on any atom is -0.476 e. The van der Waals surface area contributed by atoms with Crippen LogP contribution in [0.15, 0.2) is 18.6 Å². The zero-order valence-corrected chi connectivity index (χ0v) is 9.89. The van der Waals surface area contributed by atoms with Crippen LogP contribution in [0.1, 0.15) is 6.42 Å². The van der Waals surface area contributed by atoms with E-state index in [4.69, 9.17) is 4.74 Å². The van der Waals surface area contributed by atoms with Crippen molar-refractivity contribution < 1.29 is 4.74 Å². The van der Waals surface area contributed by atoms with Crippen molar-refractivity contribution in [1.82, 2.24) is 19.9 Å². The molecule has 1 atom stereocenters. The Hall–Kier alpha value is -1.62. The van der Waals surface area contributed by atoms with Crippen LogP contribution in [0.5, 0.6) is 5.88 Å². The van der Waals surface area contributed by atoms with E-state index in [9.17, 15) is 0 Å². The molecule has 0 radical (unpaired) electrons. The van der Waals surface area contributed by atoms with Crippen LogP contribution in [0.4, 0.5) is 0 Å². The highest BCUT2D eigenvalue weighted by atomic mass is 16.5. The predicted octanol–water partition coefficient (Wildman–Crippen LogP) is 0.957. The Morgan fingerprint density at radius 1 is 1.53 bits per heavy atom. The van der Waals surface area contributed by atoms with Crippen molar-refractivity contribution >= 4 is 11.0 Å². The third-order valence-electron chi connectivity index (χ3n) is 3.23. The van der Waals surface area contributed by atoms with Crippen LogP contribution < -0.4 is 10.1 Å². The van der Waals surface area contributed by atoms with Crippen LogP contribution in [-0.4, -0.2) is 34.2 Å². The second-order valence-electron chi connectivity index (χ2n) is 4.51. The number of rotatable bonds is 3. The first-order chi connectivity index (χ1) is 8.34. The molecule has 3 rings (SSSR count). The van der Waals surface area contributed by atoms with Crippen molar-refractivity contribution in [3.63, 3.8) is 0 Å². The van der Waals surface area contributed by atoms with E-state index in [1.165, 1.54) is 6.42 Å². The lowest BCUT2D eigenvalue weighted by molar-refractivity contribution is 0.254. The normalized spacial score (nSPS) is 19.9. The molecule has 5 heteroatoms. The third kappa shape index (κ3) is 1.98. The van der Waals surface area contributed by atoms with Gasteiger partial charge in [-0.25, -0.2) is 9.97 Å². The van der Waals surface area contributed by atoms with Crippen molar-refractivity contribution in [1.29, 1.82) is 0 Å². The van der Waals surface area contributed by atoms with E-state index in [0.717, 1.165) is 30.7 Å². The maximum absolute atomic E-state index is 5.79. The monoisotopic (exact) mass is 232 g/mol. The highest BCUT2D eigenvalue weighted by Gasteiger charge is 2.16. The molecule has 0 spiro atoms. The Bertz CT molecular complexity index is 516. The maximum atomic E-state index is 5.79. The first-order valence-electron chi connectivity index (χ1n) is 5.94. The number of imidazole rings is 1. The summed E-state index contributed by atoms with van der Waals surface area (Å²) in [5.74, 6) is 1.24. The molecule has 0 bridgehead atoms. The second kappa shape index (κ2) is 4.33. The third-order valence-corrected chi connectivity index (χ3v) is 3.23. The topological polar surface area (TPSA) is 52.0 Å². The summed E-state index contributed by atoms with van der Waals surface area (Å²) in [6.07, 6.45) is 4.74. The van der Waals surface area contributed by atoms with Crippen LogP contribution in [0.2, 0.25) is 0 Å². The summed E-state index contributed by atoms with van der Waals surface area (Å²) in [4.78, 5) is 8.59. The number of ether oxygens (including phenoxy) is 1. The van der Waals surface area contributed by atoms with Crippen molar-refractivity contribution in [2.24, 2.45) is 13.0 Å². The molecule has 1 fully saturated rings. The van der Waals surface area contributed by atoms with E-state index in [2.05, 4.69) is 15.3 Å². The molecule has 1 unspecified atom stereocenters. The molecule has 90 valence electrons. The Morgan fingerprint density at radius 3 is 3.29 bits per heavy atom. The lowest BCUT2D eigenvalue weighted by atomic mass is 10.1. The molecule has 0 aromatic carbocycles. The number of nitrogens with zero attached hydrogens (tertiary/aromatic N) is 3. The second-order valence-corrected chi connectivity index (χ2v) is 4.51. The van der Waals surface area contributed by atoms with Gasteiger partial charge in [0, 0.05) is 25.7 Å². The summed E-state index contributed by atoms with van der Waals surface area (Å²) in [5, 5.41) is 3.33. The van der Waals surface area contributed by atoms with Crippen LogP contribution in [0.25, 0.3) is 11.0 Å². The summed E-state index contributed by atoms with van der Waals surface area (Å²) >= 11 is 0. The molecule has 0 saturated carbocycles. The first-order valence-corrected chi connectivity index (χ1v) is 5.94. The smallest absolute Gasteiger partial charge is 0.242 e. The molecule has 2 aromatic heterocycles. The van der Waals surface area contributed by atoms with Crippen molar-refractivity contribution in [3.05, 3.63) is 18.6 Å². The fourth-order valence-electron chi connectivity index (χ4n) is 2.20. The highest BCUT2D eigenvalue weighted by molar-refractivity contribution is 5.79. The van der Waals surface area contributed by atoms with E-state index in [1.807, 2.05) is 17.7 Å². The average Bonchev–Trinajstić information content (AvgIpc) is 2.97. The van der Waals surface area contributed by atoms with Gasteiger partial charge in [-0.15, -0.1) is 0 Å². The number of fused-ring (bicyclic) bond motifs is 1. The first kappa shape index (κ1) is 10.5. The van der Waals surface area contributed by atoms with Crippen LogP contribution in [-0.2, 0) is 7.05 Å². The minimum atomic E-state index is 0.593. The van der Waals surface area contributed by atoms with Gasteiger partial charge in [0.15, 0.2) is 5.52 Å². The summed E-state index contributed by atoms with van der Waals surface area (Å²) in [6.45, 7) is 2.85. The summed E-state index contributed by atoms with van der Waals surface area (Å²) in [6, 6.07) is 1.95. The molecular formula is C12H16N4O. The number of aryl methyl sites for hydroxylation is 1. The number of pyridine rings is 1. The quantitative estimate of drug-likeness (QED) is 0.856. The van der Waals surface area contributed by atoms with Gasteiger partial charge in [0.05, 0.1) is 18.5 Å². The average molecular weight is 232 g/mol. The number of hydrogen-bond acceptors (Lipinski definition) is 4. The van der Waals surface area contributed by atoms with E-state index in [0.29, 0.717) is 11.8 Å². The van der Waals surface area contributed by atoms with E-state index < -0.39 is 0 Å².